The Bertz CT molecular complexity index is 3970. The molecule has 0 fully saturated rings. The second-order valence-corrected chi connectivity index (χ2v) is 19.3. The van der Waals surface area contributed by atoms with E-state index in [1.165, 1.54) is 103 Å². The van der Waals surface area contributed by atoms with Crippen LogP contribution in [0.5, 0.6) is 0 Å². The molecule has 12 aromatic rings. The molecule has 10 aromatic carbocycles. The number of para-hydroxylation sites is 1. The zero-order chi connectivity index (χ0) is 44.8. The number of benzene rings is 10. The predicted molar refractivity (Wildman–Crippen MR) is 290 cm³/mol. The maximum Gasteiger partial charge on any atom is 0.0714 e. The van der Waals surface area contributed by atoms with Crippen molar-refractivity contribution in [1.82, 2.24) is 4.57 Å². The van der Waals surface area contributed by atoms with Gasteiger partial charge in [-0.05, 0) is 117 Å². The molecule has 0 saturated carbocycles. The Morgan fingerprint density at radius 3 is 1.81 bits per heavy atom. The molecule has 0 saturated heterocycles. The number of allylic oxidation sites excluding steroid dienone is 4. The molecule has 3 heteroatoms. The molecule has 2 aromatic heterocycles. The molecule has 14 rings (SSSR count). The zero-order valence-corrected chi connectivity index (χ0v) is 38.1. The van der Waals surface area contributed by atoms with Crippen LogP contribution in [0, 0.1) is 0 Å². The first kappa shape index (κ1) is 39.0. The summed E-state index contributed by atoms with van der Waals surface area (Å²) in [7, 11) is 0. The summed E-state index contributed by atoms with van der Waals surface area (Å²) >= 11 is 1.92. The van der Waals surface area contributed by atoms with Crippen molar-refractivity contribution in [3.8, 4) is 22.3 Å². The van der Waals surface area contributed by atoms with Crippen LogP contribution in [0.2, 0.25) is 0 Å². The minimum absolute atomic E-state index is 0.524. The molecule has 0 bridgehead atoms. The van der Waals surface area contributed by atoms with E-state index in [1.807, 2.05) is 11.3 Å². The second kappa shape index (κ2) is 15.4. The highest BCUT2D eigenvalue weighted by atomic mass is 32.1. The molecular weight excluding hydrogens is 841 g/mol. The molecule has 2 heterocycles. The van der Waals surface area contributed by atoms with E-state index < -0.39 is 5.41 Å². The van der Waals surface area contributed by atoms with Crippen LogP contribution in [-0.4, -0.2) is 4.57 Å². The molecule has 320 valence electrons. The fraction of sp³-hybridized carbons (Fsp3) is 0.0462. The highest BCUT2D eigenvalue weighted by molar-refractivity contribution is 7.27. The summed E-state index contributed by atoms with van der Waals surface area (Å²) in [5.41, 5.74) is 16.8. The summed E-state index contributed by atoms with van der Waals surface area (Å²) in [5.74, 6) is 0. The van der Waals surface area contributed by atoms with Crippen molar-refractivity contribution in [2.45, 2.75) is 18.3 Å². The van der Waals surface area contributed by atoms with Gasteiger partial charge in [0.15, 0.2) is 0 Å². The minimum Gasteiger partial charge on any atom is -0.312 e. The number of hydrogen-bond donors (Lipinski definition) is 0. The van der Waals surface area contributed by atoms with E-state index in [-0.39, 0.29) is 0 Å². The van der Waals surface area contributed by atoms with Crippen molar-refractivity contribution in [3.05, 3.63) is 265 Å². The molecule has 0 amide bonds. The fourth-order valence-electron chi connectivity index (χ4n) is 11.8. The van der Waals surface area contributed by atoms with Crippen LogP contribution in [0.4, 0.5) is 17.1 Å². The van der Waals surface area contributed by atoms with Gasteiger partial charge < -0.3 is 9.47 Å². The monoisotopic (exact) mass is 884 g/mol. The highest BCUT2D eigenvalue weighted by Crippen LogP contribution is 2.58. The minimum atomic E-state index is -0.524. The van der Waals surface area contributed by atoms with Crippen LogP contribution < -0.4 is 4.90 Å². The number of fused-ring (bicyclic) bond motifs is 13. The second-order valence-electron chi connectivity index (χ2n) is 18.2. The summed E-state index contributed by atoms with van der Waals surface area (Å²) in [6.45, 7) is 0. The molecule has 2 nitrogen and oxygen atoms in total. The summed E-state index contributed by atoms with van der Waals surface area (Å²) < 4.78 is 5.21. The Morgan fingerprint density at radius 1 is 0.456 bits per heavy atom. The maximum absolute atomic E-state index is 2.59. The Hall–Kier alpha value is -8.24. The van der Waals surface area contributed by atoms with Gasteiger partial charge in [-0.25, -0.2) is 0 Å². The van der Waals surface area contributed by atoms with E-state index in [0.29, 0.717) is 0 Å². The van der Waals surface area contributed by atoms with Crippen LogP contribution in [0.25, 0.3) is 80.7 Å². The van der Waals surface area contributed by atoms with Crippen molar-refractivity contribution in [3.63, 3.8) is 0 Å². The summed E-state index contributed by atoms with van der Waals surface area (Å²) in [5, 5.41) is 7.84. The Kier molecular flexibility index (Phi) is 8.84. The topological polar surface area (TPSA) is 8.17 Å². The van der Waals surface area contributed by atoms with E-state index in [9.17, 15) is 0 Å². The van der Waals surface area contributed by atoms with Gasteiger partial charge in [0.2, 0.25) is 0 Å². The number of anilines is 3. The van der Waals surface area contributed by atoms with Crippen LogP contribution in [-0.2, 0) is 5.41 Å². The van der Waals surface area contributed by atoms with Gasteiger partial charge in [0.25, 0.3) is 0 Å². The highest BCUT2D eigenvalue weighted by Gasteiger charge is 2.46. The number of aromatic nitrogens is 1. The van der Waals surface area contributed by atoms with Crippen molar-refractivity contribution in [1.29, 1.82) is 0 Å². The first-order valence-electron chi connectivity index (χ1n) is 23.7. The lowest BCUT2D eigenvalue weighted by molar-refractivity contribution is 0.768. The molecule has 68 heavy (non-hydrogen) atoms. The lowest BCUT2D eigenvalue weighted by atomic mass is 9.67. The molecule has 0 N–H and O–H groups in total. The first-order chi connectivity index (χ1) is 33.8. The van der Waals surface area contributed by atoms with Crippen molar-refractivity contribution >= 4 is 86.8 Å². The molecule has 0 spiro atoms. The molecule has 0 atom stereocenters. The zero-order valence-electron chi connectivity index (χ0n) is 37.3. The smallest absolute Gasteiger partial charge is 0.0714 e. The van der Waals surface area contributed by atoms with Gasteiger partial charge >= 0.3 is 0 Å². The van der Waals surface area contributed by atoms with E-state index >= 15 is 0 Å². The summed E-state index contributed by atoms with van der Waals surface area (Å²) in [6.07, 6.45) is 8.88. The van der Waals surface area contributed by atoms with Crippen LogP contribution >= 0.6 is 11.3 Å². The average Bonchev–Trinajstić information content (AvgIpc) is 4.07. The Balaban J connectivity index is 1.06. The van der Waals surface area contributed by atoms with Crippen LogP contribution in [0.1, 0.15) is 35.1 Å². The third-order valence-electron chi connectivity index (χ3n) is 14.7. The SMILES string of the molecule is C1=CCCC(n2c3ccccc3c3c4ccccc4c4sc5ccc(N(c6ccc(-c7ccccc7)cc6)c6ccc7c(c6)C(c6ccccc6)(c6ccccc6)c6ccccc6-7)cc5c4c32)=C1. The van der Waals surface area contributed by atoms with E-state index in [2.05, 4.69) is 252 Å². The quantitative estimate of drug-likeness (QED) is 0.155. The van der Waals surface area contributed by atoms with Gasteiger partial charge in [0, 0.05) is 59.1 Å². The summed E-state index contributed by atoms with van der Waals surface area (Å²) in [6, 6.07) is 83.6. The number of thiophene rings is 1. The number of rotatable bonds is 7. The lowest BCUT2D eigenvalue weighted by Crippen LogP contribution is -2.28. The van der Waals surface area contributed by atoms with Crippen LogP contribution in [0.3, 0.4) is 0 Å². The first-order valence-corrected chi connectivity index (χ1v) is 24.5. The van der Waals surface area contributed by atoms with Crippen molar-refractivity contribution < 1.29 is 0 Å². The number of hydrogen-bond acceptors (Lipinski definition) is 2. The van der Waals surface area contributed by atoms with Gasteiger partial charge in [0.05, 0.1) is 16.4 Å². The number of nitrogens with zero attached hydrogens (tertiary/aromatic N) is 2. The molecule has 0 aliphatic heterocycles. The van der Waals surface area contributed by atoms with E-state index in [1.54, 1.807) is 0 Å². The average molecular weight is 885 g/mol. The maximum atomic E-state index is 2.59. The van der Waals surface area contributed by atoms with Gasteiger partial charge in [-0.3, -0.25) is 0 Å². The lowest BCUT2D eigenvalue weighted by Gasteiger charge is -2.35. The standard InChI is InChI=1S/C65H44N2S/c1-5-19-43(20-6-1)44-33-35-48(36-34-44)66(50-37-39-52-51-27-15-17-31-57(51)65(58(52)42-50,45-21-7-2-8-22-45)46-23-9-3-10-24-46)49-38-40-60-56(41-49)62-63-61(53-28-13-14-29-54(53)64(62)68-60)55-30-16-18-32-59(55)67(63)47-25-11-4-12-26-47/h1-11,13-25,27-42H,12,26H2. The van der Waals surface area contributed by atoms with Gasteiger partial charge in [0.1, 0.15) is 0 Å². The van der Waals surface area contributed by atoms with Crippen LogP contribution in [0.15, 0.2) is 243 Å². The Labute approximate surface area is 399 Å². The van der Waals surface area contributed by atoms with Gasteiger partial charge in [-0.2, -0.15) is 0 Å². The molecule has 2 aliphatic carbocycles. The van der Waals surface area contributed by atoms with Crippen molar-refractivity contribution in [2.75, 3.05) is 4.90 Å². The molecule has 2 aliphatic rings. The van der Waals surface area contributed by atoms with Crippen molar-refractivity contribution in [2.24, 2.45) is 0 Å². The van der Waals surface area contributed by atoms with Gasteiger partial charge in [-0.1, -0.05) is 188 Å². The predicted octanol–water partition coefficient (Wildman–Crippen LogP) is 18.0. The Morgan fingerprint density at radius 2 is 1.06 bits per heavy atom. The fourth-order valence-corrected chi connectivity index (χ4v) is 13.0. The van der Waals surface area contributed by atoms with Gasteiger partial charge in [-0.15, -0.1) is 11.3 Å². The normalized spacial score (nSPS) is 13.9. The molecular formula is C65H44N2S. The largest absolute Gasteiger partial charge is 0.312 e. The molecule has 0 unspecified atom stereocenters. The van der Waals surface area contributed by atoms with E-state index in [4.69, 9.17) is 0 Å². The molecule has 0 radical (unpaired) electrons. The third-order valence-corrected chi connectivity index (χ3v) is 15.9. The third kappa shape index (κ3) is 5.70. The van der Waals surface area contributed by atoms with E-state index in [0.717, 1.165) is 29.9 Å². The summed E-state index contributed by atoms with van der Waals surface area (Å²) in [4.78, 5) is 2.49.